The number of ether oxygens (including phenoxy) is 1. The van der Waals surface area contributed by atoms with Crippen LogP contribution in [-0.4, -0.2) is 11.7 Å². The van der Waals surface area contributed by atoms with E-state index in [4.69, 9.17) is 4.74 Å². The van der Waals surface area contributed by atoms with Gasteiger partial charge in [0, 0.05) is 0 Å². The zero-order chi connectivity index (χ0) is 10.2. The molecule has 1 saturated heterocycles. The molecule has 4 rings (SSSR count). The van der Waals surface area contributed by atoms with Gasteiger partial charge in [0.05, 0.1) is 11.7 Å². The summed E-state index contributed by atoms with van der Waals surface area (Å²) in [5.74, 6) is 3.94. The second kappa shape index (κ2) is 2.51. The lowest BCUT2D eigenvalue weighted by atomic mass is 9.67. The highest BCUT2D eigenvalue weighted by Crippen LogP contribution is 2.65. The molecule has 1 heterocycles. The van der Waals surface area contributed by atoms with Crippen molar-refractivity contribution in [1.29, 1.82) is 0 Å². The van der Waals surface area contributed by atoms with Crippen LogP contribution < -0.4 is 0 Å². The van der Waals surface area contributed by atoms with Crippen LogP contribution >= 0.6 is 0 Å². The molecule has 0 spiro atoms. The van der Waals surface area contributed by atoms with Crippen LogP contribution in [0.5, 0.6) is 0 Å². The molecule has 3 saturated carbocycles. The van der Waals surface area contributed by atoms with Crippen molar-refractivity contribution in [3.63, 3.8) is 0 Å². The summed E-state index contributed by atoms with van der Waals surface area (Å²) in [4.78, 5) is 0. The van der Waals surface area contributed by atoms with Crippen molar-refractivity contribution in [2.75, 3.05) is 0 Å². The molecular formula is C14H20O. The average Bonchev–Trinajstić information content (AvgIpc) is 2.58. The van der Waals surface area contributed by atoms with E-state index in [0.29, 0.717) is 11.7 Å². The molecular weight excluding hydrogens is 184 g/mol. The lowest BCUT2D eigenvalue weighted by Crippen LogP contribution is -2.34. The number of rotatable bonds is 0. The lowest BCUT2D eigenvalue weighted by Gasteiger charge is -2.36. The Labute approximate surface area is 91.9 Å². The first-order valence-electron chi connectivity index (χ1n) is 6.54. The quantitative estimate of drug-likeness (QED) is 0.436. The van der Waals surface area contributed by atoms with Gasteiger partial charge in [-0.15, -0.1) is 0 Å². The molecule has 0 aromatic carbocycles. The molecule has 3 aliphatic carbocycles. The Morgan fingerprint density at radius 1 is 1.33 bits per heavy atom. The van der Waals surface area contributed by atoms with Gasteiger partial charge in [0.15, 0.2) is 0 Å². The van der Waals surface area contributed by atoms with Gasteiger partial charge in [-0.3, -0.25) is 0 Å². The maximum absolute atomic E-state index is 5.88. The Morgan fingerprint density at radius 3 is 3.00 bits per heavy atom. The minimum absolute atomic E-state index is 0.307. The van der Waals surface area contributed by atoms with Crippen molar-refractivity contribution in [2.24, 2.45) is 23.7 Å². The normalized spacial score (nSPS) is 63.1. The monoisotopic (exact) mass is 204 g/mol. The van der Waals surface area contributed by atoms with Gasteiger partial charge < -0.3 is 4.74 Å². The van der Waals surface area contributed by atoms with E-state index >= 15 is 0 Å². The molecule has 2 bridgehead atoms. The molecule has 6 unspecified atom stereocenters. The maximum Gasteiger partial charge on any atom is 0.0923 e. The molecule has 0 aromatic rings. The number of epoxide rings is 1. The first kappa shape index (κ1) is 8.81. The largest absolute Gasteiger partial charge is 0.366 e. The Balaban J connectivity index is 1.66. The van der Waals surface area contributed by atoms with E-state index < -0.39 is 0 Å². The van der Waals surface area contributed by atoms with Crippen molar-refractivity contribution in [2.45, 2.75) is 51.2 Å². The third-order valence-corrected chi connectivity index (χ3v) is 5.74. The van der Waals surface area contributed by atoms with Gasteiger partial charge in [-0.2, -0.15) is 0 Å². The van der Waals surface area contributed by atoms with Crippen LogP contribution in [-0.2, 0) is 4.74 Å². The Bertz CT molecular complexity index is 345. The zero-order valence-electron chi connectivity index (χ0n) is 9.70. The van der Waals surface area contributed by atoms with Gasteiger partial charge in [-0.1, -0.05) is 11.6 Å². The highest BCUT2D eigenvalue weighted by Gasteiger charge is 2.64. The molecule has 4 fully saturated rings. The first-order valence-corrected chi connectivity index (χ1v) is 6.54. The summed E-state index contributed by atoms with van der Waals surface area (Å²) < 4.78 is 5.88. The summed E-state index contributed by atoms with van der Waals surface area (Å²) in [6, 6.07) is 0. The topological polar surface area (TPSA) is 12.5 Å². The molecule has 82 valence electrons. The van der Waals surface area contributed by atoms with Gasteiger partial charge in [-0.25, -0.2) is 0 Å². The van der Waals surface area contributed by atoms with Gasteiger partial charge in [-0.05, 0) is 63.2 Å². The van der Waals surface area contributed by atoms with E-state index in [-0.39, 0.29) is 0 Å². The van der Waals surface area contributed by atoms with Gasteiger partial charge in [0.1, 0.15) is 0 Å². The summed E-state index contributed by atoms with van der Waals surface area (Å²) in [6.45, 7) is 4.56. The fraction of sp³-hybridized carbons (Fsp3) is 0.857. The molecule has 0 N–H and O–H groups in total. The predicted octanol–water partition coefficient (Wildman–Crippen LogP) is 3.16. The first-order chi connectivity index (χ1) is 7.21. The van der Waals surface area contributed by atoms with Crippen LogP contribution in [0.4, 0.5) is 0 Å². The third-order valence-electron chi connectivity index (χ3n) is 5.74. The van der Waals surface area contributed by atoms with Crippen LogP contribution in [0, 0.1) is 23.7 Å². The highest BCUT2D eigenvalue weighted by atomic mass is 16.6. The third kappa shape index (κ3) is 0.982. The standard InChI is InChI=1S/C14H20O/c1-3-8-4-9-5-10(8)11-6-13-14(2,15-13)7-12(9)11/h3,9-13H,4-7H2,1-2H3/b8-3+. The number of hydrogen-bond donors (Lipinski definition) is 0. The van der Waals surface area contributed by atoms with Crippen molar-refractivity contribution in [3.8, 4) is 0 Å². The number of fused-ring (bicyclic) bond motifs is 6. The van der Waals surface area contributed by atoms with E-state index in [2.05, 4.69) is 19.9 Å². The predicted molar refractivity (Wildman–Crippen MR) is 59.5 cm³/mol. The molecule has 0 aromatic heterocycles. The fourth-order valence-electron chi connectivity index (χ4n) is 4.91. The summed E-state index contributed by atoms with van der Waals surface area (Å²) >= 11 is 0. The van der Waals surface area contributed by atoms with Crippen molar-refractivity contribution >= 4 is 0 Å². The van der Waals surface area contributed by atoms with E-state index in [0.717, 1.165) is 23.7 Å². The Morgan fingerprint density at radius 2 is 2.20 bits per heavy atom. The average molecular weight is 204 g/mol. The second-order valence-corrected chi connectivity index (χ2v) is 6.36. The number of allylic oxidation sites excluding steroid dienone is 2. The molecule has 0 radical (unpaired) electrons. The highest BCUT2D eigenvalue weighted by molar-refractivity contribution is 5.24. The minimum Gasteiger partial charge on any atom is -0.366 e. The second-order valence-electron chi connectivity index (χ2n) is 6.36. The molecule has 4 aliphatic rings. The molecule has 6 atom stereocenters. The summed E-state index contributed by atoms with van der Waals surface area (Å²) in [6.07, 6.45) is 8.64. The van der Waals surface area contributed by atoms with Crippen molar-refractivity contribution in [1.82, 2.24) is 0 Å². The van der Waals surface area contributed by atoms with Crippen LogP contribution in [0.3, 0.4) is 0 Å². The van der Waals surface area contributed by atoms with Crippen molar-refractivity contribution < 1.29 is 4.74 Å². The van der Waals surface area contributed by atoms with E-state index in [1.165, 1.54) is 25.7 Å². The zero-order valence-corrected chi connectivity index (χ0v) is 9.70. The molecule has 1 aliphatic heterocycles. The fourth-order valence-corrected chi connectivity index (χ4v) is 4.91. The van der Waals surface area contributed by atoms with Crippen LogP contribution in [0.2, 0.25) is 0 Å². The van der Waals surface area contributed by atoms with E-state index in [1.54, 1.807) is 5.57 Å². The van der Waals surface area contributed by atoms with Crippen LogP contribution in [0.1, 0.15) is 39.5 Å². The van der Waals surface area contributed by atoms with Gasteiger partial charge in [0.25, 0.3) is 0 Å². The van der Waals surface area contributed by atoms with Crippen molar-refractivity contribution in [3.05, 3.63) is 11.6 Å². The smallest absolute Gasteiger partial charge is 0.0923 e. The Kier molecular flexibility index (Phi) is 1.47. The maximum atomic E-state index is 5.88. The minimum atomic E-state index is 0.307. The van der Waals surface area contributed by atoms with E-state index in [1.807, 2.05) is 0 Å². The van der Waals surface area contributed by atoms with Crippen LogP contribution in [0.15, 0.2) is 11.6 Å². The summed E-state index contributed by atoms with van der Waals surface area (Å²) in [5.41, 5.74) is 2.08. The molecule has 15 heavy (non-hydrogen) atoms. The molecule has 1 heteroatoms. The van der Waals surface area contributed by atoms with Gasteiger partial charge in [0.2, 0.25) is 0 Å². The number of hydrogen-bond acceptors (Lipinski definition) is 1. The SMILES string of the molecule is C/C=C1\CC2CC1C1CC3OC3(C)CC21. The lowest BCUT2D eigenvalue weighted by molar-refractivity contribution is 0.178. The van der Waals surface area contributed by atoms with E-state index in [9.17, 15) is 0 Å². The molecule has 0 amide bonds. The van der Waals surface area contributed by atoms with Gasteiger partial charge >= 0.3 is 0 Å². The summed E-state index contributed by atoms with van der Waals surface area (Å²) in [7, 11) is 0. The van der Waals surface area contributed by atoms with Crippen LogP contribution in [0.25, 0.3) is 0 Å². The Hall–Kier alpha value is -0.300. The molecule has 1 nitrogen and oxygen atoms in total. The summed E-state index contributed by atoms with van der Waals surface area (Å²) in [5, 5.41) is 0.